The van der Waals surface area contributed by atoms with E-state index in [0.717, 1.165) is 11.3 Å². The number of nitrogens with zero attached hydrogens (tertiary/aromatic N) is 2. The fourth-order valence-electron chi connectivity index (χ4n) is 2.25. The Morgan fingerprint density at radius 2 is 2.29 bits per heavy atom. The first-order valence-corrected chi connectivity index (χ1v) is 8.84. The van der Waals surface area contributed by atoms with E-state index in [0.29, 0.717) is 37.4 Å². The Morgan fingerprint density at radius 3 is 2.96 bits per heavy atom. The Labute approximate surface area is 144 Å². The van der Waals surface area contributed by atoms with Crippen molar-refractivity contribution in [1.29, 1.82) is 0 Å². The summed E-state index contributed by atoms with van der Waals surface area (Å²) in [6.45, 7) is 2.09. The number of carbonyl (C=O) groups excluding carboxylic acids is 1. The van der Waals surface area contributed by atoms with Gasteiger partial charge in [-0.2, -0.15) is 4.98 Å². The van der Waals surface area contributed by atoms with Crippen LogP contribution in [0.15, 0.2) is 22.0 Å². The van der Waals surface area contributed by atoms with E-state index in [2.05, 4.69) is 15.5 Å². The van der Waals surface area contributed by atoms with Gasteiger partial charge in [0.1, 0.15) is 0 Å². The van der Waals surface area contributed by atoms with Crippen LogP contribution >= 0.6 is 11.3 Å². The number of carboxylic acid groups (broad SMARTS) is 1. The second kappa shape index (κ2) is 9.17. The van der Waals surface area contributed by atoms with E-state index in [9.17, 15) is 9.59 Å². The minimum absolute atomic E-state index is 0.157. The number of nitrogens with one attached hydrogen (secondary N) is 1. The molecule has 0 bridgehead atoms. The lowest BCUT2D eigenvalue weighted by atomic mass is 10.0. The molecule has 0 saturated heterocycles. The lowest BCUT2D eigenvalue weighted by molar-refractivity contribution is -0.141. The van der Waals surface area contributed by atoms with E-state index in [1.165, 1.54) is 11.3 Å². The molecular weight excluding hydrogens is 330 g/mol. The molecule has 2 aromatic heterocycles. The largest absolute Gasteiger partial charge is 0.481 e. The first-order valence-electron chi connectivity index (χ1n) is 7.96. The summed E-state index contributed by atoms with van der Waals surface area (Å²) in [6.07, 6.45) is 2.72. The molecule has 2 rings (SSSR count). The third-order valence-electron chi connectivity index (χ3n) is 3.54. The van der Waals surface area contributed by atoms with E-state index in [-0.39, 0.29) is 12.5 Å². The Morgan fingerprint density at radius 1 is 1.46 bits per heavy atom. The lowest BCUT2D eigenvalue weighted by Gasteiger charge is -2.12. The number of aliphatic carboxylic acids is 1. The van der Waals surface area contributed by atoms with Gasteiger partial charge in [-0.25, -0.2) is 0 Å². The summed E-state index contributed by atoms with van der Waals surface area (Å²) in [7, 11) is 0. The zero-order valence-electron chi connectivity index (χ0n) is 13.5. The molecule has 0 aromatic carbocycles. The summed E-state index contributed by atoms with van der Waals surface area (Å²) >= 11 is 1.54. The lowest BCUT2D eigenvalue weighted by Crippen LogP contribution is -2.32. The highest BCUT2D eigenvalue weighted by Crippen LogP contribution is 2.21. The molecule has 1 atom stereocenters. The molecule has 1 amide bonds. The molecule has 0 aliphatic rings. The fraction of sp³-hybridized carbons (Fsp3) is 0.500. The normalized spacial score (nSPS) is 12.0. The predicted molar refractivity (Wildman–Crippen MR) is 89.6 cm³/mol. The standard InChI is InChI=1S/C16H21N3O4S/c1-2-5-11(16(21)22)10-17-13(20)7-3-8-14-18-15(19-23-14)12-6-4-9-24-12/h4,6,9,11H,2-3,5,7-8,10H2,1H3,(H,17,20)(H,21,22). The topological polar surface area (TPSA) is 105 Å². The van der Waals surface area contributed by atoms with Gasteiger partial charge in [0.25, 0.3) is 0 Å². The van der Waals surface area contributed by atoms with Crippen LogP contribution < -0.4 is 5.32 Å². The number of hydrogen-bond acceptors (Lipinski definition) is 6. The van der Waals surface area contributed by atoms with Crippen LogP contribution in [0, 0.1) is 5.92 Å². The number of carboxylic acids is 1. The number of hydrogen-bond donors (Lipinski definition) is 2. The highest BCUT2D eigenvalue weighted by molar-refractivity contribution is 7.13. The van der Waals surface area contributed by atoms with E-state index < -0.39 is 11.9 Å². The Bertz CT molecular complexity index is 654. The maximum absolute atomic E-state index is 11.8. The summed E-state index contributed by atoms with van der Waals surface area (Å²) in [5.74, 6) is -0.489. The summed E-state index contributed by atoms with van der Waals surface area (Å²) in [4.78, 5) is 28.0. The number of aromatic nitrogens is 2. The molecule has 130 valence electrons. The van der Waals surface area contributed by atoms with Gasteiger partial charge in [0.2, 0.25) is 17.6 Å². The van der Waals surface area contributed by atoms with E-state index in [1.54, 1.807) is 0 Å². The number of thiophene rings is 1. The first-order chi connectivity index (χ1) is 11.6. The first kappa shape index (κ1) is 18.1. The van der Waals surface area contributed by atoms with Crippen molar-refractivity contribution in [3.63, 3.8) is 0 Å². The third-order valence-corrected chi connectivity index (χ3v) is 4.40. The van der Waals surface area contributed by atoms with Crippen LogP contribution in [0.4, 0.5) is 0 Å². The molecule has 0 saturated carbocycles. The van der Waals surface area contributed by atoms with Crippen LogP contribution in [0.25, 0.3) is 10.7 Å². The van der Waals surface area contributed by atoms with Crippen molar-refractivity contribution in [2.75, 3.05) is 6.54 Å². The zero-order chi connectivity index (χ0) is 17.4. The highest BCUT2D eigenvalue weighted by Gasteiger charge is 2.17. The number of amides is 1. The number of rotatable bonds is 10. The number of aryl methyl sites for hydroxylation is 1. The highest BCUT2D eigenvalue weighted by atomic mass is 32.1. The van der Waals surface area contributed by atoms with Crippen molar-refractivity contribution < 1.29 is 19.2 Å². The van der Waals surface area contributed by atoms with Gasteiger partial charge < -0.3 is 14.9 Å². The van der Waals surface area contributed by atoms with Crippen molar-refractivity contribution in [2.45, 2.75) is 39.0 Å². The Kier molecular flexibility index (Phi) is 6.92. The van der Waals surface area contributed by atoms with Gasteiger partial charge in [0.05, 0.1) is 10.8 Å². The van der Waals surface area contributed by atoms with Crippen molar-refractivity contribution in [3.8, 4) is 10.7 Å². The molecule has 0 aliphatic heterocycles. The molecule has 1 unspecified atom stereocenters. The van der Waals surface area contributed by atoms with Gasteiger partial charge in [-0.05, 0) is 24.3 Å². The molecule has 2 N–H and O–H groups in total. The third kappa shape index (κ3) is 5.45. The molecule has 8 heteroatoms. The van der Waals surface area contributed by atoms with Crippen molar-refractivity contribution in [2.24, 2.45) is 5.92 Å². The average Bonchev–Trinajstić information content (AvgIpc) is 3.22. The molecule has 0 spiro atoms. The van der Waals surface area contributed by atoms with Crippen LogP contribution in [-0.2, 0) is 16.0 Å². The molecule has 7 nitrogen and oxygen atoms in total. The molecule has 0 aliphatic carbocycles. The van der Waals surface area contributed by atoms with Crippen LogP contribution in [0.2, 0.25) is 0 Å². The number of carbonyl (C=O) groups is 2. The molecule has 2 heterocycles. The van der Waals surface area contributed by atoms with E-state index in [4.69, 9.17) is 9.63 Å². The summed E-state index contributed by atoms with van der Waals surface area (Å²) < 4.78 is 5.17. The van der Waals surface area contributed by atoms with E-state index in [1.807, 2.05) is 24.4 Å². The van der Waals surface area contributed by atoms with Crippen molar-refractivity contribution in [3.05, 3.63) is 23.4 Å². The maximum Gasteiger partial charge on any atom is 0.308 e. The minimum atomic E-state index is -0.871. The average molecular weight is 351 g/mol. The SMILES string of the molecule is CCCC(CNC(=O)CCCc1nc(-c2cccs2)no1)C(=O)O. The van der Waals surface area contributed by atoms with Gasteiger partial charge in [0.15, 0.2) is 0 Å². The molecule has 24 heavy (non-hydrogen) atoms. The molecular formula is C16H21N3O4S. The van der Waals surface area contributed by atoms with Gasteiger partial charge in [-0.15, -0.1) is 11.3 Å². The summed E-state index contributed by atoms with van der Waals surface area (Å²) in [5.41, 5.74) is 0. The monoisotopic (exact) mass is 351 g/mol. The van der Waals surface area contributed by atoms with Crippen molar-refractivity contribution >= 4 is 23.2 Å². The van der Waals surface area contributed by atoms with Gasteiger partial charge in [0, 0.05) is 19.4 Å². The molecule has 2 aromatic rings. The minimum Gasteiger partial charge on any atom is -0.481 e. The maximum atomic E-state index is 11.8. The zero-order valence-corrected chi connectivity index (χ0v) is 14.3. The quantitative estimate of drug-likeness (QED) is 0.682. The van der Waals surface area contributed by atoms with Crippen LogP contribution in [0.3, 0.4) is 0 Å². The summed E-state index contributed by atoms with van der Waals surface area (Å²) in [6, 6.07) is 3.84. The molecule has 0 fully saturated rings. The fourth-order valence-corrected chi connectivity index (χ4v) is 2.90. The summed E-state index contributed by atoms with van der Waals surface area (Å²) in [5, 5.41) is 17.6. The smallest absolute Gasteiger partial charge is 0.308 e. The molecule has 0 radical (unpaired) electrons. The Hall–Kier alpha value is -2.22. The van der Waals surface area contributed by atoms with Crippen LogP contribution in [0.1, 0.15) is 38.5 Å². The predicted octanol–water partition coefficient (Wildman–Crippen LogP) is 2.74. The van der Waals surface area contributed by atoms with Gasteiger partial charge in [-0.1, -0.05) is 24.6 Å². The second-order valence-electron chi connectivity index (χ2n) is 5.47. The van der Waals surface area contributed by atoms with Gasteiger partial charge >= 0.3 is 5.97 Å². The van der Waals surface area contributed by atoms with Crippen LogP contribution in [0.5, 0.6) is 0 Å². The Balaban J connectivity index is 1.70. The van der Waals surface area contributed by atoms with E-state index >= 15 is 0 Å². The second-order valence-corrected chi connectivity index (χ2v) is 6.42. The van der Waals surface area contributed by atoms with Crippen molar-refractivity contribution in [1.82, 2.24) is 15.5 Å². The van der Waals surface area contributed by atoms with Gasteiger partial charge in [-0.3, -0.25) is 9.59 Å². The van der Waals surface area contributed by atoms with Crippen LogP contribution in [-0.4, -0.2) is 33.7 Å².